The first-order valence-corrected chi connectivity index (χ1v) is 5.27. The summed E-state index contributed by atoms with van der Waals surface area (Å²) in [6.45, 7) is 10.9. The van der Waals surface area contributed by atoms with Crippen molar-refractivity contribution >= 4 is 0 Å². The van der Waals surface area contributed by atoms with Gasteiger partial charge in [-0.25, -0.2) is 0 Å². The number of unbranched alkanes of at least 4 members (excludes halogenated alkanes) is 3. The first-order chi connectivity index (χ1) is 5.27. The maximum Gasteiger partial charge on any atom is -0.0471 e. The molecule has 0 atom stereocenters. The fraction of sp³-hybridized carbons (Fsp3) is 1.00. The van der Waals surface area contributed by atoms with Gasteiger partial charge < -0.3 is 0 Å². The minimum absolute atomic E-state index is 0. The molecular formula is C12H30. The summed E-state index contributed by atoms with van der Waals surface area (Å²) in [5.74, 6) is 0.904. The molecule has 0 heteroatoms. The summed E-state index contributed by atoms with van der Waals surface area (Å²) in [6, 6.07) is 0. The maximum absolute atomic E-state index is 2.30. The first-order valence-electron chi connectivity index (χ1n) is 5.27. The van der Waals surface area contributed by atoms with Gasteiger partial charge in [-0.2, -0.15) is 0 Å². The Morgan fingerprint density at radius 2 is 1.42 bits per heavy atom. The van der Waals surface area contributed by atoms with Crippen molar-refractivity contribution in [2.45, 2.75) is 74.1 Å². The predicted molar refractivity (Wildman–Crippen MR) is 61.7 cm³/mol. The lowest BCUT2D eigenvalue weighted by Gasteiger charge is -2.01. The molecule has 0 nitrogen and oxygen atoms in total. The topological polar surface area (TPSA) is 0 Å². The molecule has 0 aliphatic carbocycles. The van der Waals surface area contributed by atoms with E-state index in [9.17, 15) is 0 Å². The van der Waals surface area contributed by atoms with E-state index in [2.05, 4.69) is 20.8 Å². The van der Waals surface area contributed by atoms with Crippen LogP contribution >= 0.6 is 0 Å². The van der Waals surface area contributed by atoms with Crippen LogP contribution in [0, 0.1) is 5.92 Å². The van der Waals surface area contributed by atoms with Gasteiger partial charge in [0.2, 0.25) is 0 Å². The third-order valence-corrected chi connectivity index (χ3v) is 1.64. The van der Waals surface area contributed by atoms with Crippen LogP contribution in [-0.4, -0.2) is 0 Å². The fourth-order valence-corrected chi connectivity index (χ4v) is 0.979. The Bertz CT molecular complexity index is 46.0. The zero-order chi connectivity index (χ0) is 9.11. The molecular weight excluding hydrogens is 144 g/mol. The lowest BCUT2D eigenvalue weighted by Crippen LogP contribution is -1.86. The minimum atomic E-state index is 0. The van der Waals surface area contributed by atoms with E-state index in [0.717, 1.165) is 5.92 Å². The van der Waals surface area contributed by atoms with Crippen LogP contribution in [0.15, 0.2) is 0 Å². The smallest absolute Gasteiger partial charge is 0.0471 e. The quantitative estimate of drug-likeness (QED) is 0.498. The Morgan fingerprint density at radius 1 is 0.917 bits per heavy atom. The molecule has 0 aliphatic rings. The lowest BCUT2D eigenvalue weighted by molar-refractivity contribution is 0.525. The highest BCUT2D eigenvalue weighted by Crippen LogP contribution is 2.08. The standard InChI is InChI=1S/C9H20.C2H6.CH4/c1-4-5-6-7-8-9(2)3;1-2;/h9H,4-8H2,1-3H3;1-2H3;1H4. The fourth-order valence-electron chi connectivity index (χ4n) is 0.979. The molecule has 0 rings (SSSR count). The van der Waals surface area contributed by atoms with E-state index in [4.69, 9.17) is 0 Å². The van der Waals surface area contributed by atoms with Crippen molar-refractivity contribution in [1.29, 1.82) is 0 Å². The van der Waals surface area contributed by atoms with Gasteiger partial charge in [-0.1, -0.05) is 74.1 Å². The monoisotopic (exact) mass is 174 g/mol. The Balaban J connectivity index is -0.000000249. The van der Waals surface area contributed by atoms with Gasteiger partial charge in [0.15, 0.2) is 0 Å². The molecule has 0 bridgehead atoms. The summed E-state index contributed by atoms with van der Waals surface area (Å²) < 4.78 is 0. The molecule has 0 saturated heterocycles. The zero-order valence-corrected chi connectivity index (χ0v) is 9.11. The summed E-state index contributed by atoms with van der Waals surface area (Å²) in [5.41, 5.74) is 0. The highest BCUT2D eigenvalue weighted by molar-refractivity contribution is 4.45. The van der Waals surface area contributed by atoms with Crippen LogP contribution in [-0.2, 0) is 0 Å². The largest absolute Gasteiger partial charge is 0.0776 e. The van der Waals surface area contributed by atoms with Crippen LogP contribution in [0.25, 0.3) is 0 Å². The zero-order valence-electron chi connectivity index (χ0n) is 9.11. The van der Waals surface area contributed by atoms with Crippen molar-refractivity contribution in [1.82, 2.24) is 0 Å². The first kappa shape index (κ1) is 17.9. The van der Waals surface area contributed by atoms with Gasteiger partial charge in [0, 0.05) is 0 Å². The molecule has 0 fully saturated rings. The van der Waals surface area contributed by atoms with E-state index in [1.807, 2.05) is 13.8 Å². The van der Waals surface area contributed by atoms with E-state index in [-0.39, 0.29) is 7.43 Å². The van der Waals surface area contributed by atoms with Gasteiger partial charge in [0.1, 0.15) is 0 Å². The van der Waals surface area contributed by atoms with Gasteiger partial charge >= 0.3 is 0 Å². The van der Waals surface area contributed by atoms with E-state index in [1.54, 1.807) is 0 Å². The third-order valence-electron chi connectivity index (χ3n) is 1.64. The van der Waals surface area contributed by atoms with Gasteiger partial charge in [-0.15, -0.1) is 0 Å². The second kappa shape index (κ2) is 17.2. The Morgan fingerprint density at radius 3 is 1.75 bits per heavy atom. The second-order valence-corrected chi connectivity index (χ2v) is 3.24. The van der Waals surface area contributed by atoms with Gasteiger partial charge in [-0.3, -0.25) is 0 Å². The molecule has 0 aromatic heterocycles. The van der Waals surface area contributed by atoms with E-state index >= 15 is 0 Å². The van der Waals surface area contributed by atoms with E-state index < -0.39 is 0 Å². The molecule has 0 aromatic rings. The summed E-state index contributed by atoms with van der Waals surface area (Å²) in [6.07, 6.45) is 7.07. The third kappa shape index (κ3) is 22.5. The van der Waals surface area contributed by atoms with Gasteiger partial charge in [0.25, 0.3) is 0 Å². The van der Waals surface area contributed by atoms with Crippen LogP contribution in [0.3, 0.4) is 0 Å². The highest BCUT2D eigenvalue weighted by atomic mass is 14.0. The summed E-state index contributed by atoms with van der Waals surface area (Å²) in [5, 5.41) is 0. The summed E-state index contributed by atoms with van der Waals surface area (Å²) >= 11 is 0. The van der Waals surface area contributed by atoms with Crippen LogP contribution in [0.4, 0.5) is 0 Å². The average molecular weight is 174 g/mol. The second-order valence-electron chi connectivity index (χ2n) is 3.24. The Kier molecular flexibility index (Phi) is 25.7. The molecule has 0 heterocycles. The Labute approximate surface area is 80.8 Å². The number of hydrogen-bond acceptors (Lipinski definition) is 0. The number of rotatable bonds is 5. The van der Waals surface area contributed by atoms with Gasteiger partial charge in [0.05, 0.1) is 0 Å². The highest BCUT2D eigenvalue weighted by Gasteiger charge is 1.91. The van der Waals surface area contributed by atoms with E-state index in [1.165, 1.54) is 32.1 Å². The van der Waals surface area contributed by atoms with Crippen molar-refractivity contribution in [2.75, 3.05) is 0 Å². The molecule has 0 saturated carbocycles. The van der Waals surface area contributed by atoms with Crippen molar-refractivity contribution in [2.24, 2.45) is 5.92 Å². The van der Waals surface area contributed by atoms with E-state index in [0.29, 0.717) is 0 Å². The minimum Gasteiger partial charge on any atom is -0.0776 e. The normalized spacial score (nSPS) is 8.50. The van der Waals surface area contributed by atoms with Gasteiger partial charge in [-0.05, 0) is 5.92 Å². The van der Waals surface area contributed by atoms with Crippen LogP contribution in [0.1, 0.15) is 74.1 Å². The summed E-state index contributed by atoms with van der Waals surface area (Å²) in [4.78, 5) is 0. The van der Waals surface area contributed by atoms with Crippen LogP contribution < -0.4 is 0 Å². The lowest BCUT2D eigenvalue weighted by atomic mass is 10.1. The van der Waals surface area contributed by atoms with Crippen LogP contribution in [0.5, 0.6) is 0 Å². The Hall–Kier alpha value is 0. The molecule has 0 aliphatic heterocycles. The molecule has 0 unspecified atom stereocenters. The molecule has 12 heavy (non-hydrogen) atoms. The van der Waals surface area contributed by atoms with Crippen molar-refractivity contribution in [3.63, 3.8) is 0 Å². The molecule has 0 aromatic carbocycles. The predicted octanol–water partition coefficient (Wildman–Crippen LogP) is 5.28. The molecule has 0 spiro atoms. The van der Waals surface area contributed by atoms with Crippen LogP contribution in [0.2, 0.25) is 0 Å². The van der Waals surface area contributed by atoms with Crippen molar-refractivity contribution in [3.8, 4) is 0 Å². The number of hydrogen-bond donors (Lipinski definition) is 0. The summed E-state index contributed by atoms with van der Waals surface area (Å²) in [7, 11) is 0. The van der Waals surface area contributed by atoms with Crippen molar-refractivity contribution in [3.05, 3.63) is 0 Å². The van der Waals surface area contributed by atoms with Crippen molar-refractivity contribution < 1.29 is 0 Å². The molecule has 0 N–H and O–H groups in total. The maximum atomic E-state index is 2.30. The average Bonchev–Trinajstić information content (AvgIpc) is 2.02. The SMILES string of the molecule is C.CC.CCCCCCC(C)C. The molecule has 0 amide bonds. The molecule has 0 radical (unpaired) electrons. The molecule has 78 valence electrons.